The van der Waals surface area contributed by atoms with Crippen molar-refractivity contribution >= 4 is 40.2 Å². The maximum absolute atomic E-state index is 13.5. The maximum atomic E-state index is 13.5. The van der Waals surface area contributed by atoms with Gasteiger partial charge in [0.15, 0.2) is 43.1 Å². The third-order valence-corrected chi connectivity index (χ3v) is 8.25. The van der Waals surface area contributed by atoms with Crippen molar-refractivity contribution in [1.82, 2.24) is 0 Å². The Labute approximate surface area is 310 Å². The largest absolute Gasteiger partial charge is 0.463 e. The van der Waals surface area contributed by atoms with E-state index in [9.17, 15) is 36.9 Å². The van der Waals surface area contributed by atoms with E-state index in [0.717, 1.165) is 20.8 Å². The average molecular weight is 781 g/mol. The molecule has 0 radical (unpaired) electrons. The van der Waals surface area contributed by atoms with Gasteiger partial charge in [0.2, 0.25) is 0 Å². The van der Waals surface area contributed by atoms with Crippen LogP contribution in [-0.2, 0) is 71.6 Å². The molecule has 4 rings (SSSR count). The molecule has 2 aliphatic heterocycles. The van der Waals surface area contributed by atoms with Gasteiger partial charge in [0, 0.05) is 20.8 Å². The smallest absolute Gasteiger partial charge is 0.397 e. The van der Waals surface area contributed by atoms with Crippen molar-refractivity contribution in [2.75, 3.05) is 13.2 Å². The molecule has 2 fully saturated rings. The Kier molecular flexibility index (Phi) is 14.8. The van der Waals surface area contributed by atoms with Crippen LogP contribution >= 0.6 is 0 Å². The molecule has 2 heterocycles. The minimum Gasteiger partial charge on any atom is -0.463 e. The highest BCUT2D eigenvalue weighted by Crippen LogP contribution is 2.36. The summed E-state index contributed by atoms with van der Waals surface area (Å²) in [4.78, 5) is 63.5. The van der Waals surface area contributed by atoms with E-state index in [2.05, 4.69) is 6.58 Å². The molecule has 18 nitrogen and oxygen atoms in total. The van der Waals surface area contributed by atoms with Crippen LogP contribution in [0.3, 0.4) is 0 Å². The van der Waals surface area contributed by atoms with Crippen LogP contribution in [0.4, 0.5) is 0 Å². The van der Waals surface area contributed by atoms with Gasteiger partial charge in [0.25, 0.3) is 0 Å². The Bertz CT molecular complexity index is 1730. The summed E-state index contributed by atoms with van der Waals surface area (Å²) in [5.74, 6) is -4.63. The van der Waals surface area contributed by atoms with Crippen molar-refractivity contribution in [2.45, 2.75) is 89.1 Å². The summed E-state index contributed by atoms with van der Waals surface area (Å²) in [6, 6.07) is 15.6. The lowest BCUT2D eigenvalue weighted by Crippen LogP contribution is -2.66. The van der Waals surface area contributed by atoms with Gasteiger partial charge in [-0.05, 0) is 31.2 Å². The van der Waals surface area contributed by atoms with Crippen LogP contribution in [0.2, 0.25) is 0 Å². The van der Waals surface area contributed by atoms with E-state index in [-0.39, 0.29) is 17.7 Å². The molecule has 1 N–H and O–H groups in total. The summed E-state index contributed by atoms with van der Waals surface area (Å²) < 4.78 is 90.9. The van der Waals surface area contributed by atoms with Crippen molar-refractivity contribution in [1.29, 1.82) is 0 Å². The first-order valence-corrected chi connectivity index (χ1v) is 17.8. The summed E-state index contributed by atoms with van der Waals surface area (Å²) >= 11 is 0. The number of hydrogen-bond donors (Lipinski definition) is 1. The lowest BCUT2D eigenvalue weighted by molar-refractivity contribution is -0.354. The topological polar surface area (TPSA) is 232 Å². The quantitative estimate of drug-likeness (QED) is 0.118. The number of hydrogen-bond acceptors (Lipinski definition) is 17. The van der Waals surface area contributed by atoms with Gasteiger partial charge in [-0.1, -0.05) is 42.5 Å². The Morgan fingerprint density at radius 2 is 1.22 bits per heavy atom. The maximum Gasteiger partial charge on any atom is 0.397 e. The van der Waals surface area contributed by atoms with Gasteiger partial charge in [-0.15, -0.1) is 6.58 Å². The highest BCUT2D eigenvalue weighted by molar-refractivity contribution is 7.80. The Hall–Kier alpha value is -4.76. The third-order valence-electron chi connectivity index (χ3n) is 7.78. The standard InChI is InChI=1S/C35H40O18S/c1-6-17-44-34-30(51-33(40)24-15-11-8-12-16-24)28(26(19(2)46-34)50-32(39)23-13-9-7-10-14-23)52-35-31(48-22(5)38)29(53-54(41,42)43)27(47-21(4)37)25(49-35)18-45-20(3)36/h6-16,19,25-31,34-35H,1,17-18H2,2-5H3,(H,41,42,43)/t19-,25+,26+,27+,28+,29-,30-,31+,34+,35-/m0/s1. The second-order valence-corrected chi connectivity index (χ2v) is 12.9. The van der Waals surface area contributed by atoms with E-state index in [1.165, 1.54) is 37.3 Å². The number of rotatable bonds is 15. The van der Waals surface area contributed by atoms with Gasteiger partial charge in [0.05, 0.1) is 23.8 Å². The summed E-state index contributed by atoms with van der Waals surface area (Å²) in [6.07, 6.45) is -15.4. The zero-order valence-corrected chi connectivity index (χ0v) is 30.4. The number of carbonyl (C=O) groups is 5. The van der Waals surface area contributed by atoms with Crippen molar-refractivity contribution in [3.8, 4) is 0 Å². The van der Waals surface area contributed by atoms with E-state index < -0.39 is 108 Å². The van der Waals surface area contributed by atoms with Gasteiger partial charge < -0.3 is 42.6 Å². The zero-order valence-electron chi connectivity index (χ0n) is 29.5. The van der Waals surface area contributed by atoms with Gasteiger partial charge in [-0.3, -0.25) is 18.9 Å². The van der Waals surface area contributed by atoms with E-state index in [1.807, 2.05) is 0 Å². The van der Waals surface area contributed by atoms with Crippen LogP contribution in [-0.4, -0.2) is 117 Å². The SMILES string of the molecule is C=CCO[C@@H]1O[C@@H](C)[C@@H](OC(=O)c2ccccc2)[C@@H](O[C@@H]2O[C@H](COC(C)=O)[C@@H](OC(C)=O)[C@H](OS(=O)(=O)O)[C@H]2OC(C)=O)[C@@H]1OC(=O)c1ccccc1. The van der Waals surface area contributed by atoms with Crippen molar-refractivity contribution in [3.63, 3.8) is 0 Å². The fourth-order valence-electron chi connectivity index (χ4n) is 5.62. The Balaban J connectivity index is 1.86. The Morgan fingerprint density at radius 1 is 0.704 bits per heavy atom. The van der Waals surface area contributed by atoms with Gasteiger partial charge in [-0.2, -0.15) is 8.42 Å². The zero-order chi connectivity index (χ0) is 39.6. The molecule has 54 heavy (non-hydrogen) atoms. The molecule has 0 bridgehead atoms. The highest BCUT2D eigenvalue weighted by atomic mass is 32.3. The molecule has 0 unspecified atom stereocenters. The molecule has 0 spiro atoms. The molecule has 0 saturated carbocycles. The predicted octanol–water partition coefficient (Wildman–Crippen LogP) is 2.11. The molecule has 0 amide bonds. The van der Waals surface area contributed by atoms with E-state index in [4.69, 9.17) is 46.8 Å². The number of benzene rings is 2. The first kappa shape index (κ1) is 42.0. The first-order chi connectivity index (χ1) is 25.6. The van der Waals surface area contributed by atoms with Gasteiger partial charge >= 0.3 is 40.2 Å². The van der Waals surface area contributed by atoms with Crippen LogP contribution in [0.25, 0.3) is 0 Å². The second kappa shape index (κ2) is 19.0. The van der Waals surface area contributed by atoms with E-state index in [1.54, 1.807) is 36.4 Å². The molecule has 2 aliphatic rings. The molecular formula is C35H40O18S. The first-order valence-electron chi connectivity index (χ1n) is 16.4. The van der Waals surface area contributed by atoms with E-state index in [0.29, 0.717) is 0 Å². The molecule has 0 aliphatic carbocycles. The van der Waals surface area contributed by atoms with Crippen molar-refractivity contribution < 1.29 is 83.8 Å². The molecular weight excluding hydrogens is 740 g/mol. The lowest BCUT2D eigenvalue weighted by Gasteiger charge is -2.48. The monoisotopic (exact) mass is 780 g/mol. The normalized spacial score (nSPS) is 28.2. The van der Waals surface area contributed by atoms with Gasteiger partial charge in [0.1, 0.15) is 18.8 Å². The molecule has 10 atom stereocenters. The predicted molar refractivity (Wildman–Crippen MR) is 179 cm³/mol. The summed E-state index contributed by atoms with van der Waals surface area (Å²) in [5.41, 5.74) is 0.208. The molecule has 2 aromatic carbocycles. The minimum atomic E-state index is -5.40. The van der Waals surface area contributed by atoms with Crippen molar-refractivity contribution in [3.05, 3.63) is 84.4 Å². The van der Waals surface area contributed by atoms with Crippen LogP contribution in [0, 0.1) is 0 Å². The number of ether oxygens (including phenoxy) is 9. The van der Waals surface area contributed by atoms with Crippen LogP contribution < -0.4 is 0 Å². The van der Waals surface area contributed by atoms with Crippen LogP contribution in [0.1, 0.15) is 48.4 Å². The summed E-state index contributed by atoms with van der Waals surface area (Å²) in [6.45, 7) is 7.23. The number of esters is 5. The van der Waals surface area contributed by atoms with Gasteiger partial charge in [-0.25, -0.2) is 13.8 Å². The van der Waals surface area contributed by atoms with Crippen LogP contribution in [0.5, 0.6) is 0 Å². The van der Waals surface area contributed by atoms with E-state index >= 15 is 0 Å². The highest BCUT2D eigenvalue weighted by Gasteiger charge is 2.57. The fraction of sp³-hybridized carbons (Fsp3) is 0.457. The second-order valence-electron chi connectivity index (χ2n) is 11.9. The third kappa shape index (κ3) is 11.6. The Morgan fingerprint density at radius 3 is 1.72 bits per heavy atom. The van der Waals surface area contributed by atoms with Crippen LogP contribution in [0.15, 0.2) is 73.3 Å². The molecule has 0 aromatic heterocycles. The molecule has 19 heteroatoms. The fourth-order valence-corrected chi connectivity index (χ4v) is 6.12. The number of carbonyl (C=O) groups excluding carboxylic acids is 5. The molecule has 2 saturated heterocycles. The average Bonchev–Trinajstić information content (AvgIpc) is 3.11. The van der Waals surface area contributed by atoms with Crippen molar-refractivity contribution in [2.24, 2.45) is 0 Å². The summed E-state index contributed by atoms with van der Waals surface area (Å²) in [5, 5.41) is 0. The lowest BCUT2D eigenvalue weighted by atomic mass is 9.96. The molecule has 294 valence electrons. The minimum absolute atomic E-state index is 0.0918. The summed E-state index contributed by atoms with van der Waals surface area (Å²) in [7, 11) is -5.40. The molecule has 2 aromatic rings.